The summed E-state index contributed by atoms with van der Waals surface area (Å²) in [7, 11) is 0. The van der Waals surface area contributed by atoms with Crippen molar-refractivity contribution in [3.05, 3.63) is 179 Å². The molecule has 0 amide bonds. The lowest BCUT2D eigenvalue weighted by Crippen LogP contribution is -2.63. The first kappa shape index (κ1) is 38.4. The summed E-state index contributed by atoms with van der Waals surface area (Å²) in [5.41, 5.74) is 22.1. The van der Waals surface area contributed by atoms with Crippen LogP contribution >= 0.6 is 0 Å². The highest BCUT2D eigenvalue weighted by Gasteiger charge is 2.52. The number of fused-ring (bicyclic) bond motifs is 12. The Kier molecular flexibility index (Phi) is 7.61. The van der Waals surface area contributed by atoms with Crippen LogP contribution < -0.4 is 15.7 Å². The third-order valence-corrected chi connectivity index (χ3v) is 14.9. The van der Waals surface area contributed by atoms with E-state index in [2.05, 4.69) is 230 Å². The summed E-state index contributed by atoms with van der Waals surface area (Å²) >= 11 is 0. The Morgan fingerprint density at radius 1 is 0.476 bits per heavy atom. The third kappa shape index (κ3) is 5.15. The van der Waals surface area contributed by atoms with Crippen molar-refractivity contribution in [3.63, 3.8) is 0 Å². The average molecular weight is 818 g/mol. The fourth-order valence-corrected chi connectivity index (χ4v) is 11.7. The van der Waals surface area contributed by atoms with Gasteiger partial charge in [0.2, 0.25) is 0 Å². The molecule has 7 aromatic carbocycles. The fraction of sp³-hybridized carbons (Fsp3) is 0.254. The van der Waals surface area contributed by atoms with E-state index in [0.717, 1.165) is 0 Å². The average Bonchev–Trinajstić information content (AvgIpc) is 3.85. The summed E-state index contributed by atoms with van der Waals surface area (Å²) in [6.07, 6.45) is 0. The highest BCUT2D eigenvalue weighted by molar-refractivity contribution is 6.93. The van der Waals surface area contributed by atoms with E-state index in [1.807, 2.05) is 0 Å². The Bertz CT molecular complexity index is 3460. The molecular formula is C59H56BN3. The van der Waals surface area contributed by atoms with E-state index >= 15 is 0 Å². The Labute approximate surface area is 372 Å². The Morgan fingerprint density at radius 2 is 1.11 bits per heavy atom. The zero-order chi connectivity index (χ0) is 43.7. The molecular weight excluding hydrogens is 761 g/mol. The number of hydrogen-bond acceptors (Lipinski definition) is 1. The third-order valence-electron chi connectivity index (χ3n) is 14.9. The monoisotopic (exact) mass is 817 g/mol. The van der Waals surface area contributed by atoms with Crippen LogP contribution in [-0.2, 0) is 21.7 Å². The van der Waals surface area contributed by atoms with Crippen LogP contribution in [0.5, 0.6) is 0 Å². The maximum atomic E-state index is 2.78. The van der Waals surface area contributed by atoms with Gasteiger partial charge in [0.15, 0.2) is 0 Å². The summed E-state index contributed by atoms with van der Waals surface area (Å²) < 4.78 is 5.23. The number of anilines is 1. The van der Waals surface area contributed by atoms with Crippen molar-refractivity contribution in [1.82, 2.24) is 9.13 Å². The highest BCUT2D eigenvalue weighted by atomic mass is 15.1. The second kappa shape index (κ2) is 12.5. The van der Waals surface area contributed by atoms with Gasteiger partial charge in [-0.2, -0.15) is 0 Å². The van der Waals surface area contributed by atoms with Crippen molar-refractivity contribution in [2.75, 3.05) is 4.81 Å². The molecule has 310 valence electrons. The predicted molar refractivity (Wildman–Crippen MR) is 271 cm³/mol. The topological polar surface area (TPSA) is 13.1 Å². The minimum Gasteiger partial charge on any atom is -0.379 e. The molecule has 0 fully saturated rings. The van der Waals surface area contributed by atoms with E-state index < -0.39 is 0 Å². The Hall–Kier alpha value is -6.26. The van der Waals surface area contributed by atoms with Gasteiger partial charge >= 0.3 is 6.85 Å². The first-order valence-corrected chi connectivity index (χ1v) is 23.0. The molecule has 63 heavy (non-hydrogen) atoms. The first-order valence-electron chi connectivity index (χ1n) is 23.0. The molecule has 2 aliphatic heterocycles. The summed E-state index contributed by atoms with van der Waals surface area (Å²) in [6.45, 7) is 26.0. The molecule has 1 aliphatic carbocycles. The van der Waals surface area contributed by atoms with Crippen molar-refractivity contribution in [2.45, 2.75) is 97.8 Å². The van der Waals surface area contributed by atoms with E-state index in [0.29, 0.717) is 0 Å². The lowest BCUT2D eigenvalue weighted by atomic mass is 9.43. The van der Waals surface area contributed by atoms with Gasteiger partial charge in [0.25, 0.3) is 0 Å². The highest BCUT2D eigenvalue weighted by Crippen LogP contribution is 2.55. The largest absolute Gasteiger partial charge is 0.379 e. The zero-order valence-corrected chi connectivity index (χ0v) is 38.7. The number of para-hydroxylation sites is 2. The van der Waals surface area contributed by atoms with Crippen molar-refractivity contribution in [2.24, 2.45) is 0 Å². The van der Waals surface area contributed by atoms with E-state index in [-0.39, 0.29) is 28.5 Å². The quantitative estimate of drug-likeness (QED) is 0.158. The molecule has 9 aromatic rings. The molecule has 2 aromatic heterocycles. The second-order valence-corrected chi connectivity index (χ2v) is 22.3. The van der Waals surface area contributed by atoms with Gasteiger partial charge < -0.3 is 13.9 Å². The van der Waals surface area contributed by atoms with Gasteiger partial charge in [0.05, 0.1) is 22.1 Å². The SMILES string of the molecule is CC(C)(C)c1ccc(N2B3c4c(cc(C(C)(C)C)cc4-n4c5ccc(C(C)(C)C)cc5c5c4c3cc3c4ccccc4n(-c4ccccc4)c35)C3=C2C(C)(C)c2ccccc23)cc1. The Morgan fingerprint density at radius 3 is 1.83 bits per heavy atom. The molecule has 0 unspecified atom stereocenters. The molecule has 3 aliphatic rings. The number of aromatic nitrogens is 2. The molecule has 0 atom stereocenters. The molecule has 3 nitrogen and oxygen atoms in total. The van der Waals surface area contributed by atoms with E-state index in [4.69, 9.17) is 0 Å². The molecule has 0 saturated carbocycles. The van der Waals surface area contributed by atoms with E-state index in [1.165, 1.54) is 116 Å². The molecule has 0 bridgehead atoms. The molecule has 0 spiro atoms. The van der Waals surface area contributed by atoms with Crippen molar-refractivity contribution in [3.8, 4) is 11.4 Å². The molecule has 0 radical (unpaired) electrons. The molecule has 0 saturated heterocycles. The Balaban J connectivity index is 1.33. The molecule has 12 rings (SSSR count). The van der Waals surface area contributed by atoms with E-state index in [1.54, 1.807) is 0 Å². The van der Waals surface area contributed by atoms with Gasteiger partial charge in [-0.1, -0.05) is 167 Å². The lowest BCUT2D eigenvalue weighted by Gasteiger charge is -2.46. The van der Waals surface area contributed by atoms with Crippen LogP contribution in [0.25, 0.3) is 60.6 Å². The van der Waals surface area contributed by atoms with Crippen molar-refractivity contribution in [1.29, 1.82) is 0 Å². The van der Waals surface area contributed by atoms with Crippen LogP contribution in [0.3, 0.4) is 0 Å². The summed E-state index contributed by atoms with van der Waals surface area (Å²) in [4.78, 5) is 2.78. The van der Waals surface area contributed by atoms with Gasteiger partial charge in [-0.15, -0.1) is 0 Å². The summed E-state index contributed by atoms with van der Waals surface area (Å²) in [6, 6.07) is 54.0. The van der Waals surface area contributed by atoms with Gasteiger partial charge in [-0.05, 0) is 109 Å². The molecule has 4 heterocycles. The summed E-state index contributed by atoms with van der Waals surface area (Å²) in [5, 5.41) is 5.21. The number of allylic oxidation sites excluding steroid dienone is 1. The number of benzene rings is 7. The molecule has 4 heteroatoms. The number of hydrogen-bond donors (Lipinski definition) is 0. The standard InChI is InChI=1S/C59H56BN3/c1-56(2,3)35-25-28-39(29-26-35)63-55-50(41-22-15-17-23-45(41)59(55,10)11)44-32-37(58(7,8)9)33-49-52(44)60(63)46-34-42-40-21-16-18-24-47(40)61(38-19-13-12-14-20-38)53(42)51-43-31-36(57(4,5)6)27-30-48(43)62(49)54(46)51/h12-34H,1-11H3. The van der Waals surface area contributed by atoms with Crippen LogP contribution in [0.15, 0.2) is 145 Å². The zero-order valence-electron chi connectivity index (χ0n) is 38.7. The maximum Gasteiger partial charge on any atom is 0.332 e. The minimum absolute atomic E-state index is 0.0265. The molecule has 0 N–H and O–H groups in total. The van der Waals surface area contributed by atoms with Crippen LogP contribution in [0.4, 0.5) is 5.69 Å². The maximum absolute atomic E-state index is 2.78. The van der Waals surface area contributed by atoms with E-state index in [9.17, 15) is 0 Å². The van der Waals surface area contributed by atoms with Crippen LogP contribution in [-0.4, -0.2) is 16.0 Å². The van der Waals surface area contributed by atoms with Gasteiger partial charge in [-0.25, -0.2) is 0 Å². The van der Waals surface area contributed by atoms with Gasteiger partial charge in [0.1, 0.15) is 0 Å². The normalized spacial score (nSPS) is 15.5. The van der Waals surface area contributed by atoms with Crippen LogP contribution in [0.1, 0.15) is 110 Å². The summed E-state index contributed by atoms with van der Waals surface area (Å²) in [5.74, 6) is 0. The number of rotatable bonds is 2. The first-order chi connectivity index (χ1) is 29.9. The van der Waals surface area contributed by atoms with Crippen molar-refractivity contribution < 1.29 is 0 Å². The van der Waals surface area contributed by atoms with Crippen LogP contribution in [0.2, 0.25) is 0 Å². The predicted octanol–water partition coefficient (Wildman–Crippen LogP) is 13.8. The lowest BCUT2D eigenvalue weighted by molar-refractivity contribution is 0.589. The smallest absolute Gasteiger partial charge is 0.332 e. The second-order valence-electron chi connectivity index (χ2n) is 22.3. The van der Waals surface area contributed by atoms with Crippen LogP contribution in [0, 0.1) is 0 Å². The fourth-order valence-electron chi connectivity index (χ4n) is 11.7. The minimum atomic E-state index is -0.261. The van der Waals surface area contributed by atoms with Crippen molar-refractivity contribution >= 4 is 72.6 Å². The number of nitrogens with zero attached hydrogens (tertiary/aromatic N) is 3. The van der Waals surface area contributed by atoms with Gasteiger partial charge in [-0.3, -0.25) is 0 Å². The van der Waals surface area contributed by atoms with Gasteiger partial charge in [0, 0.05) is 55.3 Å².